The van der Waals surface area contributed by atoms with Gasteiger partial charge in [-0.25, -0.2) is 4.39 Å². The molecule has 0 heterocycles. The predicted molar refractivity (Wildman–Crippen MR) is 64.3 cm³/mol. The van der Waals surface area contributed by atoms with Gasteiger partial charge in [-0.05, 0) is 24.6 Å². The van der Waals surface area contributed by atoms with Crippen LogP contribution in [0.4, 0.5) is 4.39 Å². The number of amides is 1. The largest absolute Gasteiger partial charge is 0.348 e. The second kappa shape index (κ2) is 6.68. The van der Waals surface area contributed by atoms with Gasteiger partial charge in [0, 0.05) is 5.02 Å². The molecule has 3 N–H and O–H groups in total. The molecule has 0 saturated carbocycles. The van der Waals surface area contributed by atoms with E-state index in [1.165, 1.54) is 12.1 Å². The average Bonchev–Trinajstić information content (AvgIpc) is 2.17. The molecule has 0 saturated heterocycles. The lowest BCUT2D eigenvalue weighted by Crippen LogP contribution is -2.32. The Labute approximate surface area is 105 Å². The number of nitrogens with one attached hydrogen (secondary N) is 1. The SMILES string of the molecule is CC(NC(=O)CN)c1ccc(F)cc1Cl.Cl. The molecule has 0 aliphatic rings. The van der Waals surface area contributed by atoms with Crippen molar-refractivity contribution in [2.75, 3.05) is 6.54 Å². The van der Waals surface area contributed by atoms with Crippen LogP contribution in [0.1, 0.15) is 18.5 Å². The monoisotopic (exact) mass is 266 g/mol. The van der Waals surface area contributed by atoms with E-state index < -0.39 is 5.82 Å². The third kappa shape index (κ3) is 3.96. The lowest BCUT2D eigenvalue weighted by atomic mass is 10.1. The van der Waals surface area contributed by atoms with Crippen molar-refractivity contribution in [1.29, 1.82) is 0 Å². The van der Waals surface area contributed by atoms with Crippen LogP contribution in [0.15, 0.2) is 18.2 Å². The van der Waals surface area contributed by atoms with Gasteiger partial charge < -0.3 is 11.1 Å². The molecule has 3 nitrogen and oxygen atoms in total. The summed E-state index contributed by atoms with van der Waals surface area (Å²) in [6.45, 7) is 1.68. The molecule has 1 atom stereocenters. The average molecular weight is 267 g/mol. The van der Waals surface area contributed by atoms with E-state index in [1.807, 2.05) is 0 Å². The fourth-order valence-electron chi connectivity index (χ4n) is 1.23. The van der Waals surface area contributed by atoms with Gasteiger partial charge >= 0.3 is 0 Å². The number of hydrogen-bond acceptors (Lipinski definition) is 2. The highest BCUT2D eigenvalue weighted by atomic mass is 35.5. The summed E-state index contributed by atoms with van der Waals surface area (Å²) in [7, 11) is 0. The molecule has 90 valence electrons. The number of carbonyl (C=O) groups excluding carboxylic acids is 1. The number of carbonyl (C=O) groups is 1. The third-order valence-corrected chi connectivity index (χ3v) is 2.32. The van der Waals surface area contributed by atoms with Gasteiger partial charge in [-0.15, -0.1) is 12.4 Å². The second-order valence-corrected chi connectivity index (χ2v) is 3.57. The van der Waals surface area contributed by atoms with Gasteiger partial charge in [-0.3, -0.25) is 4.79 Å². The molecule has 1 amide bonds. The van der Waals surface area contributed by atoms with Crippen molar-refractivity contribution < 1.29 is 9.18 Å². The van der Waals surface area contributed by atoms with Crippen LogP contribution in [0.2, 0.25) is 5.02 Å². The van der Waals surface area contributed by atoms with Crippen LogP contribution >= 0.6 is 24.0 Å². The Bertz CT molecular complexity index is 374. The Morgan fingerprint density at radius 3 is 2.75 bits per heavy atom. The maximum absolute atomic E-state index is 12.7. The summed E-state index contributed by atoms with van der Waals surface area (Å²) >= 11 is 5.83. The fourth-order valence-corrected chi connectivity index (χ4v) is 1.56. The third-order valence-electron chi connectivity index (χ3n) is 1.99. The molecule has 1 aromatic carbocycles. The Balaban J connectivity index is 0.00000225. The summed E-state index contributed by atoms with van der Waals surface area (Å²) in [5.74, 6) is -0.677. The van der Waals surface area contributed by atoms with Crippen molar-refractivity contribution in [3.63, 3.8) is 0 Å². The number of benzene rings is 1. The molecular weight excluding hydrogens is 254 g/mol. The van der Waals surface area contributed by atoms with E-state index in [-0.39, 0.29) is 30.9 Å². The molecule has 1 unspecified atom stereocenters. The summed E-state index contributed by atoms with van der Waals surface area (Å²) in [5.41, 5.74) is 5.82. The molecule has 16 heavy (non-hydrogen) atoms. The minimum absolute atomic E-state index is 0. The zero-order valence-corrected chi connectivity index (χ0v) is 10.2. The smallest absolute Gasteiger partial charge is 0.234 e. The normalized spacial score (nSPS) is 11.5. The van der Waals surface area contributed by atoms with E-state index >= 15 is 0 Å². The molecule has 0 fully saturated rings. The first kappa shape index (κ1) is 15.2. The zero-order valence-electron chi connectivity index (χ0n) is 8.67. The van der Waals surface area contributed by atoms with Gasteiger partial charge in [0.15, 0.2) is 0 Å². The Hall–Kier alpha value is -0.840. The number of halogens is 3. The standard InChI is InChI=1S/C10H12ClFN2O.ClH/c1-6(14-10(15)5-13)8-3-2-7(12)4-9(8)11;/h2-4,6H,5,13H2,1H3,(H,14,15);1H. The second-order valence-electron chi connectivity index (χ2n) is 3.16. The number of rotatable bonds is 3. The van der Waals surface area contributed by atoms with E-state index in [9.17, 15) is 9.18 Å². The van der Waals surface area contributed by atoms with E-state index in [2.05, 4.69) is 5.32 Å². The van der Waals surface area contributed by atoms with E-state index in [0.717, 1.165) is 0 Å². The Morgan fingerprint density at radius 2 is 2.25 bits per heavy atom. The summed E-state index contributed by atoms with van der Waals surface area (Å²) in [6.07, 6.45) is 0. The Kier molecular flexibility index (Phi) is 6.33. The van der Waals surface area contributed by atoms with Gasteiger partial charge in [0.2, 0.25) is 5.91 Å². The summed E-state index contributed by atoms with van der Waals surface area (Å²) in [6, 6.07) is 3.77. The Morgan fingerprint density at radius 1 is 1.62 bits per heavy atom. The van der Waals surface area contributed by atoms with Crippen LogP contribution in [-0.4, -0.2) is 12.5 Å². The first-order chi connectivity index (χ1) is 7.04. The van der Waals surface area contributed by atoms with Crippen molar-refractivity contribution >= 4 is 29.9 Å². The molecule has 0 aliphatic heterocycles. The van der Waals surface area contributed by atoms with Crippen molar-refractivity contribution in [1.82, 2.24) is 5.32 Å². The molecule has 1 aromatic rings. The van der Waals surface area contributed by atoms with Crippen molar-refractivity contribution in [3.05, 3.63) is 34.6 Å². The van der Waals surface area contributed by atoms with E-state index in [4.69, 9.17) is 17.3 Å². The predicted octanol–water partition coefficient (Wildman–Crippen LogP) is 2.04. The van der Waals surface area contributed by atoms with Crippen LogP contribution in [-0.2, 0) is 4.79 Å². The maximum atomic E-state index is 12.7. The first-order valence-corrected chi connectivity index (χ1v) is 4.86. The summed E-state index contributed by atoms with van der Waals surface area (Å²) < 4.78 is 12.7. The topological polar surface area (TPSA) is 55.1 Å². The zero-order chi connectivity index (χ0) is 11.4. The van der Waals surface area contributed by atoms with Crippen LogP contribution in [0, 0.1) is 5.82 Å². The number of nitrogens with two attached hydrogens (primary N) is 1. The molecule has 0 spiro atoms. The maximum Gasteiger partial charge on any atom is 0.234 e. The van der Waals surface area contributed by atoms with Gasteiger partial charge in [-0.1, -0.05) is 17.7 Å². The highest BCUT2D eigenvalue weighted by molar-refractivity contribution is 6.31. The molecular formula is C10H13Cl2FN2O. The van der Waals surface area contributed by atoms with Crippen LogP contribution in [0.3, 0.4) is 0 Å². The molecule has 0 radical (unpaired) electrons. The van der Waals surface area contributed by atoms with Gasteiger partial charge in [0.25, 0.3) is 0 Å². The first-order valence-electron chi connectivity index (χ1n) is 4.49. The fraction of sp³-hybridized carbons (Fsp3) is 0.300. The molecule has 0 bridgehead atoms. The lowest BCUT2D eigenvalue weighted by molar-refractivity contribution is -0.120. The number of hydrogen-bond donors (Lipinski definition) is 2. The highest BCUT2D eigenvalue weighted by Crippen LogP contribution is 2.23. The minimum Gasteiger partial charge on any atom is -0.348 e. The van der Waals surface area contributed by atoms with Crippen LogP contribution < -0.4 is 11.1 Å². The molecule has 0 aliphatic carbocycles. The van der Waals surface area contributed by atoms with Gasteiger partial charge in [-0.2, -0.15) is 0 Å². The molecule has 0 aromatic heterocycles. The summed E-state index contributed by atoms with van der Waals surface area (Å²) in [4.78, 5) is 11.0. The van der Waals surface area contributed by atoms with Crippen LogP contribution in [0.25, 0.3) is 0 Å². The lowest BCUT2D eigenvalue weighted by Gasteiger charge is -2.15. The van der Waals surface area contributed by atoms with Gasteiger partial charge in [0.05, 0.1) is 12.6 Å². The quantitative estimate of drug-likeness (QED) is 0.880. The highest BCUT2D eigenvalue weighted by Gasteiger charge is 2.11. The van der Waals surface area contributed by atoms with Gasteiger partial charge in [0.1, 0.15) is 5.82 Å². The van der Waals surface area contributed by atoms with E-state index in [1.54, 1.807) is 13.0 Å². The van der Waals surface area contributed by atoms with Crippen molar-refractivity contribution in [3.8, 4) is 0 Å². The van der Waals surface area contributed by atoms with Crippen molar-refractivity contribution in [2.24, 2.45) is 5.73 Å². The minimum atomic E-state index is -0.402. The van der Waals surface area contributed by atoms with Crippen molar-refractivity contribution in [2.45, 2.75) is 13.0 Å². The molecule has 6 heteroatoms. The molecule has 1 rings (SSSR count). The van der Waals surface area contributed by atoms with E-state index in [0.29, 0.717) is 10.6 Å². The van der Waals surface area contributed by atoms with Crippen LogP contribution in [0.5, 0.6) is 0 Å². The summed E-state index contributed by atoms with van der Waals surface area (Å²) in [5, 5.41) is 2.93.